The van der Waals surface area contributed by atoms with E-state index in [0.717, 1.165) is 30.6 Å². The minimum absolute atomic E-state index is 0.0490. The largest absolute Gasteiger partial charge is 0.492 e. The summed E-state index contributed by atoms with van der Waals surface area (Å²) < 4.78 is 10.9. The number of ether oxygens (including phenoxy) is 2. The molecule has 0 spiro atoms. The number of methoxy groups -OCH3 is 2. The molecule has 1 saturated carbocycles. The highest BCUT2D eigenvalue weighted by Crippen LogP contribution is 2.46. The maximum Gasteiger partial charge on any atom is 0.179 e. The van der Waals surface area contributed by atoms with Crippen molar-refractivity contribution in [2.24, 2.45) is 5.73 Å². The smallest absolute Gasteiger partial charge is 0.179 e. The van der Waals surface area contributed by atoms with Crippen LogP contribution in [-0.4, -0.2) is 19.8 Å². The average Bonchev–Trinajstić information content (AvgIpc) is 3.05. The summed E-state index contributed by atoms with van der Waals surface area (Å²) in [7, 11) is 3.26. The minimum atomic E-state index is -0.0490. The van der Waals surface area contributed by atoms with E-state index in [9.17, 15) is 0 Å². The van der Waals surface area contributed by atoms with Crippen LogP contribution in [0.15, 0.2) is 6.07 Å². The molecule has 3 nitrogen and oxygen atoms in total. The molecule has 1 aromatic carbocycles. The van der Waals surface area contributed by atoms with Gasteiger partial charge in [0.2, 0.25) is 0 Å². The summed E-state index contributed by atoms with van der Waals surface area (Å²) in [6, 6.07) is 1.98. The van der Waals surface area contributed by atoms with E-state index in [4.69, 9.17) is 26.8 Å². The maximum absolute atomic E-state index is 6.29. The van der Waals surface area contributed by atoms with Crippen molar-refractivity contribution >= 4 is 11.6 Å². The van der Waals surface area contributed by atoms with Gasteiger partial charge in [0.15, 0.2) is 11.5 Å². The van der Waals surface area contributed by atoms with Crippen molar-refractivity contribution in [2.75, 3.05) is 14.2 Å². The second-order valence-electron chi connectivity index (χ2n) is 5.69. The first kappa shape index (κ1) is 14.5. The van der Waals surface area contributed by atoms with E-state index in [2.05, 4.69) is 13.8 Å². The van der Waals surface area contributed by atoms with Crippen LogP contribution >= 0.6 is 11.6 Å². The normalized spacial score (nSPS) is 16.6. The molecular formula is C15H22ClNO2. The van der Waals surface area contributed by atoms with Crippen molar-refractivity contribution in [1.82, 2.24) is 0 Å². The van der Waals surface area contributed by atoms with Gasteiger partial charge in [0.05, 0.1) is 19.2 Å². The Morgan fingerprint density at radius 2 is 1.84 bits per heavy atom. The number of halogens is 1. The predicted molar refractivity (Wildman–Crippen MR) is 78.5 cm³/mol. The first-order valence-corrected chi connectivity index (χ1v) is 7.02. The van der Waals surface area contributed by atoms with Gasteiger partial charge in [0.25, 0.3) is 0 Å². The Bertz CT molecular complexity index is 482. The van der Waals surface area contributed by atoms with E-state index in [1.807, 2.05) is 6.07 Å². The number of hydrogen-bond donors (Lipinski definition) is 1. The van der Waals surface area contributed by atoms with E-state index in [1.165, 1.54) is 5.56 Å². The van der Waals surface area contributed by atoms with Crippen LogP contribution in [0.1, 0.15) is 43.7 Å². The van der Waals surface area contributed by atoms with Crippen LogP contribution in [0.25, 0.3) is 0 Å². The first-order valence-electron chi connectivity index (χ1n) is 6.64. The fraction of sp³-hybridized carbons (Fsp3) is 0.600. The van der Waals surface area contributed by atoms with Crippen LogP contribution in [-0.2, 0) is 6.42 Å². The van der Waals surface area contributed by atoms with Crippen LogP contribution < -0.4 is 15.2 Å². The Morgan fingerprint density at radius 3 is 2.26 bits per heavy atom. The molecule has 1 aliphatic carbocycles. The number of rotatable bonds is 5. The predicted octanol–water partition coefficient (Wildman–Crippen LogP) is 3.51. The van der Waals surface area contributed by atoms with Crippen molar-refractivity contribution in [3.8, 4) is 11.5 Å². The summed E-state index contributed by atoms with van der Waals surface area (Å²) in [5, 5.41) is 0.586. The average molecular weight is 284 g/mol. The highest BCUT2D eigenvalue weighted by atomic mass is 35.5. The Hall–Kier alpha value is -0.930. The zero-order chi connectivity index (χ0) is 14.2. The maximum atomic E-state index is 6.29. The fourth-order valence-corrected chi connectivity index (χ4v) is 2.86. The van der Waals surface area contributed by atoms with E-state index in [1.54, 1.807) is 14.2 Å². The van der Waals surface area contributed by atoms with Crippen LogP contribution in [0, 0.1) is 0 Å². The fourth-order valence-electron chi connectivity index (χ4n) is 2.56. The Labute approximate surface area is 120 Å². The molecule has 1 aromatic rings. The highest BCUT2D eigenvalue weighted by molar-refractivity contribution is 6.32. The van der Waals surface area contributed by atoms with E-state index >= 15 is 0 Å². The molecule has 0 aliphatic heterocycles. The van der Waals surface area contributed by atoms with Gasteiger partial charge in [0.1, 0.15) is 0 Å². The molecular weight excluding hydrogens is 262 g/mol. The third-order valence-corrected chi connectivity index (χ3v) is 4.02. The number of benzene rings is 1. The van der Waals surface area contributed by atoms with Gasteiger partial charge < -0.3 is 15.2 Å². The van der Waals surface area contributed by atoms with E-state index in [0.29, 0.717) is 16.7 Å². The zero-order valence-electron chi connectivity index (χ0n) is 12.0. The van der Waals surface area contributed by atoms with Crippen LogP contribution in [0.3, 0.4) is 0 Å². The molecule has 1 fully saturated rings. The van der Waals surface area contributed by atoms with E-state index < -0.39 is 0 Å². The minimum Gasteiger partial charge on any atom is -0.492 e. The Balaban J connectivity index is 2.55. The SMILES string of the molecule is COc1c(Cl)cc(CC2(N)CC2)c(C(C)C)c1OC. The summed E-state index contributed by atoms with van der Waals surface area (Å²) in [4.78, 5) is 0. The highest BCUT2D eigenvalue weighted by Gasteiger charge is 2.39. The standard InChI is InChI=1S/C15H22ClNO2/c1-9(2)12-10(8-15(17)5-6-15)7-11(16)13(18-3)14(12)19-4/h7,9H,5-6,8,17H2,1-4H3. The van der Waals surface area contributed by atoms with Gasteiger partial charge in [0, 0.05) is 11.1 Å². The van der Waals surface area contributed by atoms with Gasteiger partial charge in [-0.1, -0.05) is 25.4 Å². The second-order valence-corrected chi connectivity index (χ2v) is 6.10. The Morgan fingerprint density at radius 1 is 1.26 bits per heavy atom. The van der Waals surface area contributed by atoms with Gasteiger partial charge >= 0.3 is 0 Å². The monoisotopic (exact) mass is 283 g/mol. The summed E-state index contributed by atoms with van der Waals surface area (Å²) in [5.41, 5.74) is 8.53. The molecule has 0 amide bonds. The van der Waals surface area contributed by atoms with Gasteiger partial charge in [-0.2, -0.15) is 0 Å². The number of hydrogen-bond acceptors (Lipinski definition) is 3. The molecule has 0 radical (unpaired) electrons. The molecule has 0 heterocycles. The summed E-state index contributed by atoms with van der Waals surface area (Å²) >= 11 is 6.29. The Kier molecular flexibility index (Phi) is 3.98. The zero-order valence-corrected chi connectivity index (χ0v) is 12.8. The molecule has 0 bridgehead atoms. The molecule has 1 aliphatic rings. The summed E-state index contributed by atoms with van der Waals surface area (Å²) in [6.45, 7) is 4.29. The first-order chi connectivity index (χ1) is 8.91. The van der Waals surface area contributed by atoms with Crippen LogP contribution in [0.4, 0.5) is 0 Å². The second kappa shape index (κ2) is 5.22. The van der Waals surface area contributed by atoms with Crippen molar-refractivity contribution in [3.63, 3.8) is 0 Å². The lowest BCUT2D eigenvalue weighted by Crippen LogP contribution is -2.25. The topological polar surface area (TPSA) is 44.5 Å². The lowest BCUT2D eigenvalue weighted by Gasteiger charge is -2.22. The van der Waals surface area contributed by atoms with Crippen LogP contribution in [0.2, 0.25) is 5.02 Å². The van der Waals surface area contributed by atoms with Gasteiger partial charge in [-0.15, -0.1) is 0 Å². The number of nitrogens with two attached hydrogens (primary N) is 1. The van der Waals surface area contributed by atoms with Crippen LogP contribution in [0.5, 0.6) is 11.5 Å². The molecule has 0 saturated heterocycles. The molecule has 2 N–H and O–H groups in total. The molecule has 0 atom stereocenters. The van der Waals surface area contributed by atoms with Crippen molar-refractivity contribution in [1.29, 1.82) is 0 Å². The van der Waals surface area contributed by atoms with Crippen molar-refractivity contribution < 1.29 is 9.47 Å². The lowest BCUT2D eigenvalue weighted by atomic mass is 9.91. The molecule has 2 rings (SSSR count). The summed E-state index contributed by atoms with van der Waals surface area (Å²) in [6.07, 6.45) is 3.01. The third-order valence-electron chi connectivity index (χ3n) is 3.74. The van der Waals surface area contributed by atoms with Crippen molar-refractivity contribution in [2.45, 2.75) is 44.6 Å². The van der Waals surface area contributed by atoms with Gasteiger partial charge in [-0.25, -0.2) is 0 Å². The molecule has 4 heteroatoms. The molecule has 0 aromatic heterocycles. The summed E-state index contributed by atoms with van der Waals surface area (Å²) in [5.74, 6) is 1.68. The van der Waals surface area contributed by atoms with Crippen molar-refractivity contribution in [3.05, 3.63) is 22.2 Å². The van der Waals surface area contributed by atoms with Gasteiger partial charge in [-0.05, 0) is 36.8 Å². The molecule has 106 valence electrons. The molecule has 0 unspecified atom stereocenters. The third kappa shape index (κ3) is 2.82. The van der Waals surface area contributed by atoms with E-state index in [-0.39, 0.29) is 5.54 Å². The van der Waals surface area contributed by atoms with Gasteiger partial charge in [-0.3, -0.25) is 0 Å². The lowest BCUT2D eigenvalue weighted by molar-refractivity contribution is 0.349. The molecule has 19 heavy (non-hydrogen) atoms. The quantitative estimate of drug-likeness (QED) is 0.899.